The Morgan fingerprint density at radius 2 is 2.03 bits per heavy atom. The van der Waals surface area contributed by atoms with E-state index in [1.54, 1.807) is 32.2 Å². The summed E-state index contributed by atoms with van der Waals surface area (Å²) in [5.74, 6) is -0.844. The summed E-state index contributed by atoms with van der Waals surface area (Å²) in [6, 6.07) is 4.39. The SMILES string of the molecule is CCOc1ccc(/C=C2/SC(=S)N(CCC(=O)N[C@@H](C(=O)O)[C@@H](C)CC)C2=O)cc1OC. The molecule has 174 valence electrons. The molecule has 2 amide bonds. The summed E-state index contributed by atoms with van der Waals surface area (Å²) in [4.78, 5) is 38.3. The fourth-order valence-corrected chi connectivity index (χ4v) is 4.34. The van der Waals surface area contributed by atoms with Crippen molar-refractivity contribution in [3.8, 4) is 11.5 Å². The lowest BCUT2D eigenvalue weighted by molar-refractivity contribution is -0.143. The number of carbonyl (C=O) groups excluding carboxylic acids is 2. The van der Waals surface area contributed by atoms with Gasteiger partial charge in [-0.1, -0.05) is 50.3 Å². The second-order valence-corrected chi connectivity index (χ2v) is 8.87. The van der Waals surface area contributed by atoms with Gasteiger partial charge in [-0.3, -0.25) is 14.5 Å². The van der Waals surface area contributed by atoms with Crippen LogP contribution in [-0.4, -0.2) is 58.4 Å². The molecule has 1 aliphatic rings. The van der Waals surface area contributed by atoms with Crippen molar-refractivity contribution < 1.29 is 29.0 Å². The normalized spacial score (nSPS) is 16.8. The lowest BCUT2D eigenvalue weighted by Gasteiger charge is -2.21. The molecule has 2 rings (SSSR count). The van der Waals surface area contributed by atoms with Crippen molar-refractivity contribution in [1.82, 2.24) is 10.2 Å². The molecule has 32 heavy (non-hydrogen) atoms. The lowest BCUT2D eigenvalue weighted by Crippen LogP contribution is -2.46. The molecule has 0 bridgehead atoms. The van der Waals surface area contributed by atoms with Crippen LogP contribution in [0, 0.1) is 5.92 Å². The highest BCUT2D eigenvalue weighted by Gasteiger charge is 2.33. The third-order valence-corrected chi connectivity index (χ3v) is 6.39. The zero-order valence-electron chi connectivity index (χ0n) is 18.5. The van der Waals surface area contributed by atoms with Gasteiger partial charge < -0.3 is 19.9 Å². The third kappa shape index (κ3) is 6.46. The first-order valence-electron chi connectivity index (χ1n) is 10.3. The van der Waals surface area contributed by atoms with Crippen molar-refractivity contribution in [1.29, 1.82) is 0 Å². The van der Waals surface area contributed by atoms with Crippen LogP contribution in [-0.2, 0) is 14.4 Å². The number of benzene rings is 1. The Morgan fingerprint density at radius 1 is 1.31 bits per heavy atom. The van der Waals surface area contributed by atoms with Crippen LogP contribution in [0.2, 0.25) is 0 Å². The number of thiocarbonyl (C=S) groups is 1. The topological polar surface area (TPSA) is 105 Å². The number of nitrogens with zero attached hydrogens (tertiary/aromatic N) is 1. The molecule has 0 unspecified atom stereocenters. The fraction of sp³-hybridized carbons (Fsp3) is 0.455. The van der Waals surface area contributed by atoms with Gasteiger partial charge in [-0.2, -0.15) is 0 Å². The van der Waals surface area contributed by atoms with Gasteiger partial charge in [0.25, 0.3) is 5.91 Å². The molecule has 1 heterocycles. The molecule has 10 heteroatoms. The van der Waals surface area contributed by atoms with Gasteiger partial charge in [-0.05, 0) is 36.6 Å². The fourth-order valence-electron chi connectivity index (χ4n) is 3.03. The number of ether oxygens (including phenoxy) is 2. The highest BCUT2D eigenvalue weighted by molar-refractivity contribution is 8.26. The van der Waals surface area contributed by atoms with E-state index in [0.29, 0.717) is 33.8 Å². The van der Waals surface area contributed by atoms with E-state index in [0.717, 1.165) is 17.3 Å². The number of aliphatic carboxylic acids is 1. The quantitative estimate of drug-likeness (QED) is 0.367. The number of carboxylic acid groups (broad SMARTS) is 1. The minimum Gasteiger partial charge on any atom is -0.493 e. The van der Waals surface area contributed by atoms with Crippen LogP contribution >= 0.6 is 24.0 Å². The molecule has 0 aromatic heterocycles. The average molecular weight is 481 g/mol. The van der Waals surface area contributed by atoms with Crippen molar-refractivity contribution in [2.75, 3.05) is 20.3 Å². The van der Waals surface area contributed by atoms with Gasteiger partial charge in [0.05, 0.1) is 18.6 Å². The largest absolute Gasteiger partial charge is 0.493 e. The van der Waals surface area contributed by atoms with Gasteiger partial charge in [0.2, 0.25) is 5.91 Å². The summed E-state index contributed by atoms with van der Waals surface area (Å²) in [6.45, 7) is 6.09. The molecule has 0 saturated carbocycles. The van der Waals surface area contributed by atoms with E-state index in [1.807, 2.05) is 19.9 Å². The van der Waals surface area contributed by atoms with Gasteiger partial charge in [0.1, 0.15) is 10.4 Å². The Labute approximate surface area is 197 Å². The second-order valence-electron chi connectivity index (χ2n) is 7.20. The van der Waals surface area contributed by atoms with E-state index in [4.69, 9.17) is 21.7 Å². The first-order valence-corrected chi connectivity index (χ1v) is 11.5. The second kappa shape index (κ2) is 11.9. The molecule has 0 spiro atoms. The van der Waals surface area contributed by atoms with Crippen molar-refractivity contribution >= 4 is 52.2 Å². The zero-order valence-corrected chi connectivity index (χ0v) is 20.2. The van der Waals surface area contributed by atoms with E-state index in [9.17, 15) is 19.5 Å². The van der Waals surface area contributed by atoms with Gasteiger partial charge in [0, 0.05) is 13.0 Å². The maximum absolute atomic E-state index is 12.8. The van der Waals surface area contributed by atoms with Crippen molar-refractivity contribution in [3.05, 3.63) is 28.7 Å². The lowest BCUT2D eigenvalue weighted by atomic mass is 9.99. The van der Waals surface area contributed by atoms with Gasteiger partial charge in [-0.25, -0.2) is 4.79 Å². The number of thioether (sulfide) groups is 1. The Morgan fingerprint density at radius 3 is 2.62 bits per heavy atom. The molecular formula is C22H28N2O6S2. The van der Waals surface area contributed by atoms with Crippen LogP contribution in [0.25, 0.3) is 6.08 Å². The highest BCUT2D eigenvalue weighted by atomic mass is 32.2. The molecule has 1 saturated heterocycles. The van der Waals surface area contributed by atoms with Crippen LogP contribution in [0.4, 0.5) is 0 Å². The van der Waals surface area contributed by atoms with Gasteiger partial charge >= 0.3 is 5.97 Å². The Hall–Kier alpha value is -2.59. The number of methoxy groups -OCH3 is 1. The van der Waals surface area contributed by atoms with E-state index < -0.39 is 17.9 Å². The van der Waals surface area contributed by atoms with Crippen LogP contribution < -0.4 is 14.8 Å². The van der Waals surface area contributed by atoms with E-state index in [1.165, 1.54) is 4.90 Å². The molecule has 1 aromatic carbocycles. The maximum atomic E-state index is 12.8. The number of rotatable bonds is 11. The first kappa shape index (κ1) is 25.7. The number of carbonyl (C=O) groups is 3. The number of amides is 2. The molecule has 0 radical (unpaired) electrons. The Kier molecular flexibility index (Phi) is 9.52. The smallest absolute Gasteiger partial charge is 0.326 e. The summed E-state index contributed by atoms with van der Waals surface area (Å²) in [7, 11) is 1.54. The van der Waals surface area contributed by atoms with E-state index in [2.05, 4.69) is 5.32 Å². The van der Waals surface area contributed by atoms with E-state index >= 15 is 0 Å². The average Bonchev–Trinajstić information content (AvgIpc) is 3.03. The molecule has 1 aromatic rings. The van der Waals surface area contributed by atoms with Crippen LogP contribution in [0.1, 0.15) is 39.2 Å². The Balaban J connectivity index is 2.05. The minimum atomic E-state index is -1.08. The predicted molar refractivity (Wildman–Crippen MR) is 128 cm³/mol. The summed E-state index contributed by atoms with van der Waals surface area (Å²) in [5.41, 5.74) is 0.751. The predicted octanol–water partition coefficient (Wildman–Crippen LogP) is 3.30. The maximum Gasteiger partial charge on any atom is 0.326 e. The summed E-state index contributed by atoms with van der Waals surface area (Å²) in [5, 5.41) is 11.9. The first-order chi connectivity index (χ1) is 15.2. The van der Waals surface area contributed by atoms with Crippen molar-refractivity contribution in [2.45, 2.75) is 39.7 Å². The third-order valence-electron chi connectivity index (χ3n) is 5.02. The van der Waals surface area contributed by atoms with E-state index in [-0.39, 0.29) is 24.8 Å². The number of nitrogens with one attached hydrogen (secondary N) is 1. The molecule has 0 aliphatic carbocycles. The van der Waals surface area contributed by atoms with Gasteiger partial charge in [-0.15, -0.1) is 0 Å². The number of hydrogen-bond acceptors (Lipinski definition) is 7. The monoisotopic (exact) mass is 480 g/mol. The minimum absolute atomic E-state index is 0.0448. The van der Waals surface area contributed by atoms with Crippen molar-refractivity contribution in [3.63, 3.8) is 0 Å². The molecule has 8 nitrogen and oxygen atoms in total. The summed E-state index contributed by atoms with van der Waals surface area (Å²) < 4.78 is 11.2. The number of hydrogen-bond donors (Lipinski definition) is 2. The molecule has 2 atom stereocenters. The Bertz CT molecular complexity index is 918. The number of carboxylic acids is 1. The van der Waals surface area contributed by atoms with Crippen molar-refractivity contribution in [2.24, 2.45) is 5.92 Å². The zero-order chi connectivity index (χ0) is 23.8. The molecular weight excluding hydrogens is 452 g/mol. The van der Waals surface area contributed by atoms with Gasteiger partial charge in [0.15, 0.2) is 11.5 Å². The molecule has 1 aliphatic heterocycles. The molecule has 2 N–H and O–H groups in total. The van der Waals surface area contributed by atoms with Crippen LogP contribution in [0.15, 0.2) is 23.1 Å². The standard InChI is InChI=1S/C22H28N2O6S2/c1-5-13(3)19(21(27)28)23-18(25)9-10-24-20(26)17(32-22(24)31)12-14-7-8-15(30-6-2)16(11-14)29-4/h7-8,11-13,19H,5-6,9-10H2,1-4H3,(H,23,25)(H,27,28)/b17-12+/t13-,19+/m0/s1. The summed E-state index contributed by atoms with van der Waals surface area (Å²) in [6.07, 6.45) is 2.28. The highest BCUT2D eigenvalue weighted by Crippen LogP contribution is 2.34. The molecule has 1 fully saturated rings. The summed E-state index contributed by atoms with van der Waals surface area (Å²) >= 11 is 6.47. The van der Waals surface area contributed by atoms with Crippen LogP contribution in [0.5, 0.6) is 11.5 Å². The van der Waals surface area contributed by atoms with Crippen LogP contribution in [0.3, 0.4) is 0 Å².